The van der Waals surface area contributed by atoms with Crippen LogP contribution in [0.15, 0.2) is 5.38 Å². The molecule has 0 aromatic carbocycles. The summed E-state index contributed by atoms with van der Waals surface area (Å²) in [5, 5.41) is 3.26. The van der Waals surface area contributed by atoms with E-state index in [1.54, 1.807) is 18.3 Å². The smallest absolute Gasteiger partial charge is 0.130 e. The summed E-state index contributed by atoms with van der Waals surface area (Å²) in [6.07, 6.45) is 3.62. The Hall–Kier alpha value is -0.700. The van der Waals surface area contributed by atoms with E-state index in [9.17, 15) is 4.79 Å². The molecule has 0 N–H and O–H groups in total. The predicted molar refractivity (Wildman–Crippen MR) is 55.1 cm³/mol. The molecule has 0 spiro atoms. The second-order valence-electron chi connectivity index (χ2n) is 3.18. The van der Waals surface area contributed by atoms with Crippen molar-refractivity contribution in [3.05, 3.63) is 16.1 Å². The number of hydrogen-bond acceptors (Lipinski definition) is 3. The van der Waals surface area contributed by atoms with Gasteiger partial charge in [0.05, 0.1) is 10.7 Å². The minimum absolute atomic E-state index is 0.241. The lowest BCUT2D eigenvalue weighted by Gasteiger charge is -1.91. The summed E-state index contributed by atoms with van der Waals surface area (Å²) in [6.45, 7) is 3.77. The van der Waals surface area contributed by atoms with Crippen LogP contribution in [0.2, 0.25) is 0 Å². The Labute approximate surface area is 83.0 Å². The third-order valence-electron chi connectivity index (χ3n) is 1.80. The van der Waals surface area contributed by atoms with E-state index in [1.807, 2.05) is 0 Å². The number of nitrogens with zero attached hydrogens (tertiary/aromatic N) is 1. The van der Waals surface area contributed by atoms with Gasteiger partial charge in [0, 0.05) is 11.8 Å². The summed E-state index contributed by atoms with van der Waals surface area (Å²) in [4.78, 5) is 15.2. The van der Waals surface area contributed by atoms with Crippen molar-refractivity contribution < 1.29 is 4.79 Å². The molecule has 72 valence electrons. The third kappa shape index (κ3) is 3.68. The number of hydrogen-bond donors (Lipinski definition) is 0. The summed E-state index contributed by atoms with van der Waals surface area (Å²) in [7, 11) is 0. The molecule has 0 saturated heterocycles. The number of thiazole rings is 1. The lowest BCUT2D eigenvalue weighted by Crippen LogP contribution is -1.94. The lowest BCUT2D eigenvalue weighted by molar-refractivity contribution is -0.116. The fourth-order valence-corrected chi connectivity index (χ4v) is 2.03. The van der Waals surface area contributed by atoms with Crippen LogP contribution in [0.3, 0.4) is 0 Å². The quantitative estimate of drug-likeness (QED) is 0.726. The van der Waals surface area contributed by atoms with Crippen LogP contribution in [0, 0.1) is 0 Å². The van der Waals surface area contributed by atoms with Crippen molar-refractivity contribution >= 4 is 17.1 Å². The fourth-order valence-electron chi connectivity index (χ4n) is 1.10. The molecule has 0 radical (unpaired) electrons. The summed E-state index contributed by atoms with van der Waals surface area (Å²) >= 11 is 1.70. The molecule has 0 atom stereocenters. The van der Waals surface area contributed by atoms with Crippen molar-refractivity contribution in [1.82, 2.24) is 4.98 Å². The Balaban J connectivity index is 2.44. The summed E-state index contributed by atoms with van der Waals surface area (Å²) < 4.78 is 0. The van der Waals surface area contributed by atoms with Gasteiger partial charge in [-0.2, -0.15) is 0 Å². The zero-order chi connectivity index (χ0) is 9.68. The van der Waals surface area contributed by atoms with Crippen molar-refractivity contribution in [3.8, 4) is 0 Å². The van der Waals surface area contributed by atoms with Crippen LogP contribution in [0.1, 0.15) is 37.4 Å². The lowest BCUT2D eigenvalue weighted by atomic mass is 10.2. The molecular formula is C10H15NOS. The van der Waals surface area contributed by atoms with Gasteiger partial charge in [0.2, 0.25) is 0 Å². The average Bonchev–Trinajstić information content (AvgIpc) is 2.50. The summed E-state index contributed by atoms with van der Waals surface area (Å²) in [5.74, 6) is 0.241. The van der Waals surface area contributed by atoms with Crippen LogP contribution in [-0.4, -0.2) is 10.8 Å². The molecule has 0 amide bonds. The number of Topliss-reactive ketones (excluding diaryl/α,β-unsaturated/α-hetero) is 1. The maximum atomic E-state index is 10.7. The van der Waals surface area contributed by atoms with Gasteiger partial charge in [-0.25, -0.2) is 4.98 Å². The standard InChI is InChI=1S/C10H15NOS/c1-3-4-10-11-9(7-13-10)6-5-8(2)12/h7H,3-6H2,1-2H3. The van der Waals surface area contributed by atoms with Crippen LogP contribution >= 0.6 is 11.3 Å². The Morgan fingerprint density at radius 1 is 1.54 bits per heavy atom. The first kappa shape index (κ1) is 10.4. The van der Waals surface area contributed by atoms with Crippen LogP contribution < -0.4 is 0 Å². The van der Waals surface area contributed by atoms with Crippen molar-refractivity contribution in [3.63, 3.8) is 0 Å². The molecule has 0 aliphatic carbocycles. The molecule has 0 saturated carbocycles. The largest absolute Gasteiger partial charge is 0.300 e. The van der Waals surface area contributed by atoms with Gasteiger partial charge in [-0.15, -0.1) is 11.3 Å². The first-order chi connectivity index (χ1) is 6.22. The number of carbonyl (C=O) groups is 1. The zero-order valence-electron chi connectivity index (χ0n) is 8.17. The first-order valence-corrected chi connectivity index (χ1v) is 5.53. The molecule has 0 aliphatic rings. The Bertz CT molecular complexity index is 280. The van der Waals surface area contributed by atoms with E-state index in [-0.39, 0.29) is 5.78 Å². The molecule has 3 heteroatoms. The second kappa shape index (κ2) is 5.12. The van der Waals surface area contributed by atoms with Gasteiger partial charge < -0.3 is 4.79 Å². The van der Waals surface area contributed by atoms with Crippen molar-refractivity contribution in [2.24, 2.45) is 0 Å². The molecule has 0 aliphatic heterocycles. The molecule has 1 heterocycles. The van der Waals surface area contributed by atoms with E-state index < -0.39 is 0 Å². The highest BCUT2D eigenvalue weighted by molar-refractivity contribution is 7.09. The van der Waals surface area contributed by atoms with Crippen LogP contribution in [-0.2, 0) is 17.6 Å². The highest BCUT2D eigenvalue weighted by Gasteiger charge is 2.02. The van der Waals surface area contributed by atoms with Gasteiger partial charge in [-0.3, -0.25) is 0 Å². The monoisotopic (exact) mass is 197 g/mol. The molecule has 0 fully saturated rings. The minimum atomic E-state index is 0.241. The van der Waals surface area contributed by atoms with Crippen molar-refractivity contribution in [2.45, 2.75) is 39.5 Å². The highest BCUT2D eigenvalue weighted by Crippen LogP contribution is 2.12. The fraction of sp³-hybridized carbons (Fsp3) is 0.600. The number of aryl methyl sites for hydroxylation is 2. The Kier molecular flexibility index (Phi) is 4.09. The number of ketones is 1. The van der Waals surface area contributed by atoms with Gasteiger partial charge in [-0.05, 0) is 26.2 Å². The van der Waals surface area contributed by atoms with Crippen LogP contribution in [0.4, 0.5) is 0 Å². The van der Waals surface area contributed by atoms with Crippen molar-refractivity contribution in [1.29, 1.82) is 0 Å². The van der Waals surface area contributed by atoms with Gasteiger partial charge in [-0.1, -0.05) is 6.92 Å². The summed E-state index contributed by atoms with van der Waals surface area (Å²) in [5.41, 5.74) is 1.07. The molecule has 1 aromatic rings. The molecule has 1 aromatic heterocycles. The maximum absolute atomic E-state index is 10.7. The molecule has 2 nitrogen and oxygen atoms in total. The number of aromatic nitrogens is 1. The molecule has 0 unspecified atom stereocenters. The SMILES string of the molecule is CCCc1nc(CCC(C)=O)cs1. The van der Waals surface area contributed by atoms with Crippen molar-refractivity contribution in [2.75, 3.05) is 0 Å². The van der Waals surface area contributed by atoms with E-state index >= 15 is 0 Å². The molecule has 0 bridgehead atoms. The normalized spacial score (nSPS) is 10.3. The number of rotatable bonds is 5. The van der Waals surface area contributed by atoms with E-state index in [0.717, 1.165) is 25.0 Å². The molecular weight excluding hydrogens is 182 g/mol. The van der Waals surface area contributed by atoms with E-state index in [1.165, 1.54) is 5.01 Å². The second-order valence-corrected chi connectivity index (χ2v) is 4.13. The first-order valence-electron chi connectivity index (χ1n) is 4.65. The van der Waals surface area contributed by atoms with Gasteiger partial charge in [0.15, 0.2) is 0 Å². The van der Waals surface area contributed by atoms with E-state index in [0.29, 0.717) is 6.42 Å². The average molecular weight is 197 g/mol. The van der Waals surface area contributed by atoms with Crippen LogP contribution in [0.25, 0.3) is 0 Å². The zero-order valence-corrected chi connectivity index (χ0v) is 8.99. The maximum Gasteiger partial charge on any atom is 0.130 e. The topological polar surface area (TPSA) is 30.0 Å². The van der Waals surface area contributed by atoms with Crippen LogP contribution in [0.5, 0.6) is 0 Å². The highest BCUT2D eigenvalue weighted by atomic mass is 32.1. The minimum Gasteiger partial charge on any atom is -0.300 e. The van der Waals surface area contributed by atoms with Gasteiger partial charge in [0.1, 0.15) is 5.78 Å². The Morgan fingerprint density at radius 2 is 2.31 bits per heavy atom. The Morgan fingerprint density at radius 3 is 2.92 bits per heavy atom. The summed E-state index contributed by atoms with van der Waals surface area (Å²) in [6, 6.07) is 0. The van der Waals surface area contributed by atoms with E-state index in [2.05, 4.69) is 17.3 Å². The van der Waals surface area contributed by atoms with Gasteiger partial charge >= 0.3 is 0 Å². The number of carbonyl (C=O) groups excluding carboxylic acids is 1. The molecule has 1 rings (SSSR count). The predicted octanol–water partition coefficient (Wildman–Crippen LogP) is 2.62. The third-order valence-corrected chi connectivity index (χ3v) is 2.75. The van der Waals surface area contributed by atoms with Gasteiger partial charge in [0.25, 0.3) is 0 Å². The van der Waals surface area contributed by atoms with E-state index in [4.69, 9.17) is 0 Å². The molecule has 13 heavy (non-hydrogen) atoms.